The molecule has 3 rings (SSSR count). The summed E-state index contributed by atoms with van der Waals surface area (Å²) in [5, 5.41) is 9.86. The Balaban J connectivity index is 1.90. The molecule has 0 aromatic heterocycles. The van der Waals surface area contributed by atoms with Gasteiger partial charge in [0, 0.05) is 5.56 Å². The van der Waals surface area contributed by atoms with Crippen molar-refractivity contribution < 1.29 is 9.90 Å². The molecule has 1 aliphatic rings. The minimum atomic E-state index is -0.126. The lowest BCUT2D eigenvalue weighted by atomic mass is 10.1. The van der Waals surface area contributed by atoms with E-state index < -0.39 is 0 Å². The van der Waals surface area contributed by atoms with Crippen molar-refractivity contribution in [1.82, 2.24) is 4.90 Å². The summed E-state index contributed by atoms with van der Waals surface area (Å²) in [4.78, 5) is 14.9. The zero-order valence-electron chi connectivity index (χ0n) is 12.5. The highest BCUT2D eigenvalue weighted by Gasteiger charge is 2.35. The van der Waals surface area contributed by atoms with Crippen molar-refractivity contribution in [1.29, 1.82) is 0 Å². The summed E-state index contributed by atoms with van der Waals surface area (Å²) < 4.78 is 0.535. The van der Waals surface area contributed by atoms with Gasteiger partial charge in [0.2, 0.25) is 0 Å². The Morgan fingerprint density at radius 3 is 2.48 bits per heavy atom. The van der Waals surface area contributed by atoms with Crippen LogP contribution in [0.25, 0.3) is 6.08 Å². The van der Waals surface area contributed by atoms with E-state index in [0.717, 1.165) is 5.56 Å². The largest absolute Gasteiger partial charge is 0.507 e. The molecule has 1 fully saturated rings. The zero-order chi connectivity index (χ0) is 16.4. The summed E-state index contributed by atoms with van der Waals surface area (Å²) in [6.45, 7) is 1.96. The fraction of sp³-hybridized carbons (Fsp3) is 0.111. The second kappa shape index (κ2) is 6.56. The molecule has 1 aliphatic heterocycles. The molecular formula is C18H15NO2S2. The number of carbonyl (C=O) groups is 1. The van der Waals surface area contributed by atoms with Gasteiger partial charge in [0.25, 0.3) is 5.91 Å². The third-order valence-corrected chi connectivity index (χ3v) is 5.05. The molecular weight excluding hydrogens is 326 g/mol. The number of aromatic hydroxyl groups is 1. The van der Waals surface area contributed by atoms with Crippen LogP contribution in [0.3, 0.4) is 0 Å². The molecule has 1 amide bonds. The topological polar surface area (TPSA) is 40.5 Å². The minimum absolute atomic E-state index is 0.125. The second-order valence-electron chi connectivity index (χ2n) is 5.20. The van der Waals surface area contributed by atoms with E-state index in [1.807, 2.05) is 43.3 Å². The molecule has 116 valence electrons. The van der Waals surface area contributed by atoms with Gasteiger partial charge in [-0.15, -0.1) is 0 Å². The molecule has 0 bridgehead atoms. The third-order valence-electron chi connectivity index (χ3n) is 3.72. The first-order valence-corrected chi connectivity index (χ1v) is 8.40. The number of hydrogen-bond acceptors (Lipinski definition) is 4. The number of hydrogen-bond donors (Lipinski definition) is 1. The van der Waals surface area contributed by atoms with E-state index in [9.17, 15) is 9.90 Å². The van der Waals surface area contributed by atoms with Crippen LogP contribution in [0, 0.1) is 0 Å². The van der Waals surface area contributed by atoms with Crippen molar-refractivity contribution >= 4 is 40.3 Å². The molecule has 1 N–H and O–H groups in total. The fourth-order valence-corrected chi connectivity index (χ4v) is 3.85. The molecule has 0 spiro atoms. The van der Waals surface area contributed by atoms with E-state index in [1.165, 1.54) is 11.8 Å². The lowest BCUT2D eigenvalue weighted by Gasteiger charge is -2.23. The molecule has 1 atom stereocenters. The van der Waals surface area contributed by atoms with Gasteiger partial charge in [0.05, 0.1) is 10.9 Å². The van der Waals surface area contributed by atoms with Crippen LogP contribution >= 0.6 is 24.0 Å². The molecule has 0 unspecified atom stereocenters. The number of phenols is 1. The predicted octanol–water partition coefficient (Wildman–Crippen LogP) is 4.35. The molecule has 23 heavy (non-hydrogen) atoms. The molecule has 0 saturated carbocycles. The van der Waals surface area contributed by atoms with Crippen LogP contribution in [-0.2, 0) is 4.79 Å². The number of thioether (sulfide) groups is 1. The first-order valence-electron chi connectivity index (χ1n) is 7.18. The monoisotopic (exact) mass is 341 g/mol. The highest BCUT2D eigenvalue weighted by Crippen LogP contribution is 2.38. The van der Waals surface area contributed by atoms with Crippen molar-refractivity contribution in [3.8, 4) is 5.75 Å². The number of benzene rings is 2. The van der Waals surface area contributed by atoms with E-state index in [-0.39, 0.29) is 17.7 Å². The van der Waals surface area contributed by atoms with Crippen LogP contribution < -0.4 is 0 Å². The van der Waals surface area contributed by atoms with Gasteiger partial charge in [-0.3, -0.25) is 9.69 Å². The minimum Gasteiger partial charge on any atom is -0.507 e. The second-order valence-corrected chi connectivity index (χ2v) is 6.87. The van der Waals surface area contributed by atoms with E-state index in [4.69, 9.17) is 12.2 Å². The van der Waals surface area contributed by atoms with Gasteiger partial charge >= 0.3 is 0 Å². The van der Waals surface area contributed by atoms with E-state index in [1.54, 1.807) is 29.2 Å². The summed E-state index contributed by atoms with van der Waals surface area (Å²) in [5.41, 5.74) is 1.65. The lowest BCUT2D eigenvalue weighted by Crippen LogP contribution is -2.30. The first kappa shape index (κ1) is 15.8. The summed E-state index contributed by atoms with van der Waals surface area (Å²) in [5.74, 6) is 0.0217. The van der Waals surface area contributed by atoms with Gasteiger partial charge in [0.1, 0.15) is 10.1 Å². The average molecular weight is 341 g/mol. The quantitative estimate of drug-likeness (QED) is 0.665. The number of phenolic OH excluding ortho intramolecular Hbond substituents is 1. The lowest BCUT2D eigenvalue weighted by molar-refractivity contribution is -0.123. The number of thiocarbonyl (C=S) groups is 1. The molecule has 0 radical (unpaired) electrons. The van der Waals surface area contributed by atoms with Gasteiger partial charge in [0.15, 0.2) is 0 Å². The summed E-state index contributed by atoms with van der Waals surface area (Å²) >= 11 is 6.65. The average Bonchev–Trinajstić information content (AvgIpc) is 2.84. The van der Waals surface area contributed by atoms with Gasteiger partial charge in [-0.25, -0.2) is 0 Å². The van der Waals surface area contributed by atoms with E-state index >= 15 is 0 Å². The van der Waals surface area contributed by atoms with Crippen LogP contribution in [0.4, 0.5) is 0 Å². The molecule has 2 aromatic rings. The van der Waals surface area contributed by atoms with Crippen LogP contribution in [0.1, 0.15) is 24.1 Å². The van der Waals surface area contributed by atoms with Crippen molar-refractivity contribution in [3.05, 3.63) is 70.6 Å². The molecule has 0 aliphatic carbocycles. The third kappa shape index (κ3) is 3.16. The highest BCUT2D eigenvalue weighted by atomic mass is 32.2. The first-order chi connectivity index (χ1) is 11.1. The normalized spacial score (nSPS) is 17.8. The number of para-hydroxylation sites is 1. The van der Waals surface area contributed by atoms with E-state index in [0.29, 0.717) is 14.8 Å². The number of carbonyl (C=O) groups excluding carboxylic acids is 1. The Kier molecular flexibility index (Phi) is 4.50. The van der Waals surface area contributed by atoms with Crippen LogP contribution in [0.5, 0.6) is 5.75 Å². The number of nitrogens with zero attached hydrogens (tertiary/aromatic N) is 1. The summed E-state index contributed by atoms with van der Waals surface area (Å²) in [6, 6.07) is 16.6. The smallest absolute Gasteiger partial charge is 0.266 e. The van der Waals surface area contributed by atoms with E-state index in [2.05, 4.69) is 0 Å². The highest BCUT2D eigenvalue weighted by molar-refractivity contribution is 8.26. The van der Waals surface area contributed by atoms with Crippen molar-refractivity contribution in [2.24, 2.45) is 0 Å². The Morgan fingerprint density at radius 1 is 1.13 bits per heavy atom. The van der Waals surface area contributed by atoms with Crippen LogP contribution in [-0.4, -0.2) is 20.2 Å². The van der Waals surface area contributed by atoms with Gasteiger partial charge in [-0.05, 0) is 24.6 Å². The number of rotatable bonds is 3. The molecule has 3 nitrogen and oxygen atoms in total. The Morgan fingerprint density at radius 2 is 1.78 bits per heavy atom. The Labute approximate surface area is 144 Å². The molecule has 2 aromatic carbocycles. The van der Waals surface area contributed by atoms with Crippen molar-refractivity contribution in [3.63, 3.8) is 0 Å². The molecule has 1 saturated heterocycles. The van der Waals surface area contributed by atoms with Gasteiger partial charge in [-0.2, -0.15) is 0 Å². The maximum atomic E-state index is 12.7. The van der Waals surface area contributed by atoms with Crippen LogP contribution in [0.2, 0.25) is 0 Å². The zero-order valence-corrected chi connectivity index (χ0v) is 14.1. The molecule has 5 heteroatoms. The predicted molar refractivity (Wildman–Crippen MR) is 98.0 cm³/mol. The molecule has 1 heterocycles. The SMILES string of the molecule is C[C@H](c1ccccc1)N1C(=O)/C(=C/c2ccccc2O)SC1=S. The fourth-order valence-electron chi connectivity index (χ4n) is 2.45. The Bertz CT molecular complexity index is 787. The summed E-state index contributed by atoms with van der Waals surface area (Å²) in [6.07, 6.45) is 1.69. The summed E-state index contributed by atoms with van der Waals surface area (Å²) in [7, 11) is 0. The van der Waals surface area contributed by atoms with Crippen molar-refractivity contribution in [2.45, 2.75) is 13.0 Å². The Hall–Kier alpha value is -2.11. The maximum absolute atomic E-state index is 12.7. The standard InChI is InChI=1S/C18H15NO2S2/c1-12(13-7-3-2-4-8-13)19-17(21)16(23-18(19)22)11-14-9-5-6-10-15(14)20/h2-12,20H,1H3/b16-11-/t12-/m1/s1. The van der Waals surface area contributed by atoms with Crippen molar-refractivity contribution in [2.75, 3.05) is 0 Å². The number of amides is 1. The van der Waals surface area contributed by atoms with Crippen LogP contribution in [0.15, 0.2) is 59.5 Å². The maximum Gasteiger partial charge on any atom is 0.266 e. The van der Waals surface area contributed by atoms with Gasteiger partial charge in [-0.1, -0.05) is 72.5 Å². The van der Waals surface area contributed by atoms with Gasteiger partial charge < -0.3 is 5.11 Å².